The van der Waals surface area contributed by atoms with Crippen LogP contribution in [-0.2, 0) is 4.74 Å². The first kappa shape index (κ1) is 13.2. The second kappa shape index (κ2) is 5.31. The van der Waals surface area contributed by atoms with Crippen molar-refractivity contribution in [1.29, 1.82) is 0 Å². The van der Waals surface area contributed by atoms with E-state index < -0.39 is 0 Å². The zero-order valence-electron chi connectivity index (χ0n) is 11.4. The Bertz CT molecular complexity index is 294. The molecule has 0 aromatic rings. The van der Waals surface area contributed by atoms with Crippen molar-refractivity contribution >= 4 is 11.8 Å². The molecule has 3 saturated heterocycles. The van der Waals surface area contributed by atoms with Crippen LogP contribution in [0.2, 0.25) is 0 Å². The molecule has 0 aromatic carbocycles. The normalized spacial score (nSPS) is 46.7. The van der Waals surface area contributed by atoms with Crippen LogP contribution >= 0.6 is 11.8 Å². The van der Waals surface area contributed by atoms with Crippen LogP contribution in [-0.4, -0.2) is 53.8 Å². The van der Waals surface area contributed by atoms with Crippen LogP contribution in [0.5, 0.6) is 0 Å². The molecule has 3 fully saturated rings. The van der Waals surface area contributed by atoms with Crippen molar-refractivity contribution in [3.8, 4) is 0 Å². The number of nitrogens with two attached hydrogens (primary N) is 1. The molecule has 0 saturated carbocycles. The summed E-state index contributed by atoms with van der Waals surface area (Å²) in [7, 11) is 0. The first-order valence-electron chi connectivity index (χ1n) is 7.40. The summed E-state index contributed by atoms with van der Waals surface area (Å²) in [6, 6.07) is 1.16. The van der Waals surface area contributed by atoms with Crippen molar-refractivity contribution in [2.75, 3.05) is 31.2 Å². The van der Waals surface area contributed by atoms with Crippen LogP contribution in [0.15, 0.2) is 0 Å². The van der Waals surface area contributed by atoms with E-state index in [1.807, 2.05) is 0 Å². The lowest BCUT2D eigenvalue weighted by atomic mass is 9.86. The number of rotatable bonds is 1. The van der Waals surface area contributed by atoms with Gasteiger partial charge in [0, 0.05) is 31.0 Å². The third-order valence-corrected chi connectivity index (χ3v) is 6.28. The smallest absolute Gasteiger partial charge is 0.0795 e. The molecule has 0 aromatic heterocycles. The minimum absolute atomic E-state index is 0.219. The minimum Gasteiger partial charge on any atom is -0.374 e. The predicted octanol–water partition coefficient (Wildman–Crippen LogP) is 1.71. The van der Waals surface area contributed by atoms with Crippen molar-refractivity contribution in [1.82, 2.24) is 4.90 Å². The van der Waals surface area contributed by atoms with Crippen LogP contribution < -0.4 is 5.73 Å². The Morgan fingerprint density at radius 1 is 1.39 bits per heavy atom. The first-order chi connectivity index (χ1) is 8.69. The quantitative estimate of drug-likeness (QED) is 0.787. The first-order valence-corrected chi connectivity index (χ1v) is 8.55. The molecule has 2 N–H and O–H groups in total. The average Bonchev–Trinajstić information content (AvgIpc) is 2.81. The summed E-state index contributed by atoms with van der Waals surface area (Å²) in [5.74, 6) is 3.15. The molecule has 4 heteroatoms. The second-order valence-electron chi connectivity index (χ2n) is 6.41. The molecule has 0 aliphatic carbocycles. The predicted molar refractivity (Wildman–Crippen MR) is 77.0 cm³/mol. The molecular weight excluding hydrogens is 244 g/mol. The lowest BCUT2D eigenvalue weighted by molar-refractivity contribution is -0.0941. The second-order valence-corrected chi connectivity index (χ2v) is 7.51. The SMILES string of the molecule is CC1CN(C2CCOC3(CCSC3)C2)CCC1N. The van der Waals surface area contributed by atoms with E-state index in [0.29, 0.717) is 12.0 Å². The molecule has 3 aliphatic heterocycles. The van der Waals surface area contributed by atoms with E-state index in [1.165, 1.54) is 50.3 Å². The van der Waals surface area contributed by atoms with Gasteiger partial charge in [0.25, 0.3) is 0 Å². The Morgan fingerprint density at radius 2 is 2.28 bits per heavy atom. The molecule has 3 heterocycles. The summed E-state index contributed by atoms with van der Waals surface area (Å²) < 4.78 is 6.12. The molecule has 3 nitrogen and oxygen atoms in total. The Balaban J connectivity index is 1.62. The summed E-state index contributed by atoms with van der Waals surface area (Å²) in [4.78, 5) is 2.70. The van der Waals surface area contributed by atoms with Crippen molar-refractivity contribution in [3.05, 3.63) is 0 Å². The van der Waals surface area contributed by atoms with E-state index in [4.69, 9.17) is 10.5 Å². The molecule has 0 bridgehead atoms. The molecule has 18 heavy (non-hydrogen) atoms. The Labute approximate surface area is 115 Å². The molecular formula is C14H26N2OS. The van der Waals surface area contributed by atoms with E-state index >= 15 is 0 Å². The standard InChI is InChI=1S/C14H26N2OS/c1-11-9-16(5-2-13(11)15)12-3-6-17-14(8-12)4-7-18-10-14/h11-13H,2-10,15H2,1H3. The molecule has 1 spiro atoms. The maximum Gasteiger partial charge on any atom is 0.0795 e. The van der Waals surface area contributed by atoms with E-state index in [2.05, 4.69) is 23.6 Å². The minimum atomic E-state index is 0.219. The lowest BCUT2D eigenvalue weighted by Crippen LogP contribution is -2.54. The zero-order chi connectivity index (χ0) is 12.6. The van der Waals surface area contributed by atoms with E-state index in [-0.39, 0.29) is 5.60 Å². The van der Waals surface area contributed by atoms with Crippen LogP contribution in [0.3, 0.4) is 0 Å². The number of likely N-dealkylation sites (tertiary alicyclic amines) is 1. The highest BCUT2D eigenvalue weighted by atomic mass is 32.2. The Hall–Kier alpha value is 0.230. The molecule has 3 rings (SSSR count). The van der Waals surface area contributed by atoms with Gasteiger partial charge in [0.05, 0.1) is 5.60 Å². The topological polar surface area (TPSA) is 38.5 Å². The third kappa shape index (κ3) is 2.58. The highest BCUT2D eigenvalue weighted by Gasteiger charge is 2.42. The van der Waals surface area contributed by atoms with Crippen molar-refractivity contribution in [3.63, 3.8) is 0 Å². The molecule has 4 atom stereocenters. The van der Waals surface area contributed by atoms with Gasteiger partial charge in [0.15, 0.2) is 0 Å². The molecule has 0 radical (unpaired) electrons. The van der Waals surface area contributed by atoms with Crippen molar-refractivity contribution in [2.24, 2.45) is 11.7 Å². The van der Waals surface area contributed by atoms with Gasteiger partial charge in [-0.15, -0.1) is 0 Å². The van der Waals surface area contributed by atoms with Gasteiger partial charge in [0.2, 0.25) is 0 Å². The van der Waals surface area contributed by atoms with Crippen molar-refractivity contribution in [2.45, 2.75) is 50.3 Å². The monoisotopic (exact) mass is 270 g/mol. The van der Waals surface area contributed by atoms with Gasteiger partial charge in [-0.25, -0.2) is 0 Å². The van der Waals surface area contributed by atoms with Crippen LogP contribution in [0.25, 0.3) is 0 Å². The van der Waals surface area contributed by atoms with E-state index in [9.17, 15) is 0 Å². The molecule has 4 unspecified atom stereocenters. The maximum absolute atomic E-state index is 6.13. The highest BCUT2D eigenvalue weighted by Crippen LogP contribution is 2.40. The fourth-order valence-electron chi connectivity index (χ4n) is 3.70. The zero-order valence-corrected chi connectivity index (χ0v) is 12.3. The largest absolute Gasteiger partial charge is 0.374 e. The highest BCUT2D eigenvalue weighted by molar-refractivity contribution is 7.99. The van der Waals surface area contributed by atoms with E-state index in [1.54, 1.807) is 0 Å². The van der Waals surface area contributed by atoms with Gasteiger partial charge in [-0.05, 0) is 43.9 Å². The summed E-state index contributed by atoms with van der Waals surface area (Å²) in [6.07, 6.45) is 4.90. The average molecular weight is 270 g/mol. The number of thioether (sulfide) groups is 1. The third-order valence-electron chi connectivity index (χ3n) is 5.05. The van der Waals surface area contributed by atoms with Gasteiger partial charge in [-0.2, -0.15) is 11.8 Å². The molecule has 3 aliphatic rings. The van der Waals surface area contributed by atoms with Gasteiger partial charge in [-0.3, -0.25) is 4.90 Å². The lowest BCUT2D eigenvalue weighted by Gasteiger charge is -2.46. The number of hydrogen-bond acceptors (Lipinski definition) is 4. The number of hydrogen-bond donors (Lipinski definition) is 1. The molecule has 104 valence electrons. The number of piperidine rings is 1. The van der Waals surface area contributed by atoms with Gasteiger partial charge in [-0.1, -0.05) is 6.92 Å². The number of ether oxygens (including phenoxy) is 1. The summed E-state index contributed by atoms with van der Waals surface area (Å²) in [6.45, 7) is 5.65. The molecule has 0 amide bonds. The van der Waals surface area contributed by atoms with Gasteiger partial charge in [0.1, 0.15) is 0 Å². The maximum atomic E-state index is 6.13. The summed E-state index contributed by atoms with van der Waals surface area (Å²) >= 11 is 2.07. The fraction of sp³-hybridized carbons (Fsp3) is 1.00. The van der Waals surface area contributed by atoms with Gasteiger partial charge < -0.3 is 10.5 Å². The van der Waals surface area contributed by atoms with Crippen LogP contribution in [0, 0.1) is 5.92 Å². The van der Waals surface area contributed by atoms with Gasteiger partial charge >= 0.3 is 0 Å². The number of nitrogens with zero attached hydrogens (tertiary/aromatic N) is 1. The Kier molecular flexibility index (Phi) is 3.90. The summed E-state index contributed by atoms with van der Waals surface area (Å²) in [5.41, 5.74) is 6.35. The fourth-order valence-corrected chi connectivity index (χ4v) is 5.08. The van der Waals surface area contributed by atoms with E-state index in [0.717, 1.165) is 12.6 Å². The summed E-state index contributed by atoms with van der Waals surface area (Å²) in [5, 5.41) is 0. The van der Waals surface area contributed by atoms with Crippen molar-refractivity contribution < 1.29 is 4.74 Å². The Morgan fingerprint density at radius 3 is 3.00 bits per heavy atom. The van der Waals surface area contributed by atoms with Crippen LogP contribution in [0.4, 0.5) is 0 Å². The van der Waals surface area contributed by atoms with Crippen LogP contribution in [0.1, 0.15) is 32.6 Å².